The van der Waals surface area contributed by atoms with Gasteiger partial charge in [-0.1, -0.05) is 6.92 Å². The second kappa shape index (κ2) is 5.99. The molecule has 124 valence electrons. The van der Waals surface area contributed by atoms with Gasteiger partial charge in [-0.05, 0) is 30.5 Å². The van der Waals surface area contributed by atoms with Crippen molar-refractivity contribution < 1.29 is 18.4 Å². The molecule has 0 bridgehead atoms. The number of aromatic amines is 1. The smallest absolute Gasteiger partial charge is 0.261 e. The van der Waals surface area contributed by atoms with Gasteiger partial charge in [-0.3, -0.25) is 14.4 Å². The lowest BCUT2D eigenvalue weighted by Gasteiger charge is -2.20. The number of pyridine rings is 1. The van der Waals surface area contributed by atoms with Gasteiger partial charge in [0.15, 0.2) is 17.4 Å². The van der Waals surface area contributed by atoms with Gasteiger partial charge in [0.25, 0.3) is 11.5 Å². The van der Waals surface area contributed by atoms with Gasteiger partial charge in [0.1, 0.15) is 5.56 Å². The molecule has 1 aliphatic carbocycles. The zero-order valence-corrected chi connectivity index (χ0v) is 12.8. The second-order valence-electron chi connectivity index (χ2n) is 5.92. The Labute approximate surface area is 135 Å². The molecule has 2 aromatic rings. The highest BCUT2D eigenvalue weighted by molar-refractivity contribution is 6.06. The summed E-state index contributed by atoms with van der Waals surface area (Å²) in [6, 6.07) is 4.12. The van der Waals surface area contributed by atoms with Crippen molar-refractivity contribution >= 4 is 17.4 Å². The highest BCUT2D eigenvalue weighted by Crippen LogP contribution is 2.23. The molecule has 0 fully saturated rings. The van der Waals surface area contributed by atoms with Crippen molar-refractivity contribution in [3.05, 3.63) is 63.1 Å². The van der Waals surface area contributed by atoms with Crippen molar-refractivity contribution in [1.82, 2.24) is 4.98 Å². The lowest BCUT2D eigenvalue weighted by Crippen LogP contribution is -2.29. The lowest BCUT2D eigenvalue weighted by atomic mass is 9.86. The van der Waals surface area contributed by atoms with Gasteiger partial charge < -0.3 is 10.3 Å². The first-order chi connectivity index (χ1) is 11.3. The molecule has 1 atom stereocenters. The number of H-pyrrole nitrogens is 1. The molecule has 0 saturated heterocycles. The largest absolute Gasteiger partial charge is 0.325 e. The molecule has 1 aromatic heterocycles. The van der Waals surface area contributed by atoms with Crippen LogP contribution in [0.25, 0.3) is 0 Å². The van der Waals surface area contributed by atoms with E-state index < -0.39 is 23.1 Å². The van der Waals surface area contributed by atoms with Crippen LogP contribution in [0.4, 0.5) is 14.5 Å². The minimum atomic E-state index is -1.11. The molecule has 7 heteroatoms. The maximum absolute atomic E-state index is 13.2. The van der Waals surface area contributed by atoms with E-state index >= 15 is 0 Å². The van der Waals surface area contributed by atoms with E-state index in [4.69, 9.17) is 0 Å². The second-order valence-corrected chi connectivity index (χ2v) is 5.92. The number of fused-ring (bicyclic) bond motifs is 1. The number of halogens is 2. The number of aromatic nitrogens is 1. The molecule has 5 nitrogen and oxygen atoms in total. The van der Waals surface area contributed by atoms with Crippen LogP contribution in [-0.2, 0) is 6.42 Å². The highest BCUT2D eigenvalue weighted by atomic mass is 19.2. The fourth-order valence-electron chi connectivity index (χ4n) is 2.77. The van der Waals surface area contributed by atoms with Crippen LogP contribution >= 0.6 is 0 Å². The van der Waals surface area contributed by atoms with E-state index in [2.05, 4.69) is 10.3 Å². The van der Waals surface area contributed by atoms with Crippen molar-refractivity contribution in [2.75, 3.05) is 5.32 Å². The third-order valence-electron chi connectivity index (χ3n) is 3.93. The van der Waals surface area contributed by atoms with Gasteiger partial charge in [0.2, 0.25) is 0 Å². The molecule has 0 radical (unpaired) electrons. The quantitative estimate of drug-likeness (QED) is 0.887. The van der Waals surface area contributed by atoms with Crippen molar-refractivity contribution in [3.8, 4) is 0 Å². The number of carbonyl (C=O) groups is 2. The Morgan fingerprint density at radius 2 is 1.92 bits per heavy atom. The van der Waals surface area contributed by atoms with Crippen LogP contribution in [0.3, 0.4) is 0 Å². The van der Waals surface area contributed by atoms with E-state index in [1.165, 1.54) is 12.1 Å². The summed E-state index contributed by atoms with van der Waals surface area (Å²) in [6.07, 6.45) is 0.907. The minimum Gasteiger partial charge on any atom is -0.325 e. The first-order valence-electron chi connectivity index (χ1n) is 7.41. The monoisotopic (exact) mass is 332 g/mol. The van der Waals surface area contributed by atoms with Crippen molar-refractivity contribution in [2.24, 2.45) is 5.92 Å². The number of nitrogens with one attached hydrogen (secondary N) is 2. The summed E-state index contributed by atoms with van der Waals surface area (Å²) in [5, 5.41) is 2.32. The number of benzene rings is 1. The van der Waals surface area contributed by atoms with Gasteiger partial charge in [-0.2, -0.15) is 0 Å². The summed E-state index contributed by atoms with van der Waals surface area (Å²) in [6.45, 7) is 1.91. The van der Waals surface area contributed by atoms with Crippen molar-refractivity contribution in [3.63, 3.8) is 0 Å². The summed E-state index contributed by atoms with van der Waals surface area (Å²) in [7, 11) is 0. The number of anilines is 1. The first kappa shape index (κ1) is 16.0. The molecule has 0 spiro atoms. The van der Waals surface area contributed by atoms with E-state index in [0.717, 1.165) is 12.1 Å². The molecule has 2 N–H and O–H groups in total. The fraction of sp³-hybridized carbons (Fsp3) is 0.235. The summed E-state index contributed by atoms with van der Waals surface area (Å²) < 4.78 is 26.1. The Morgan fingerprint density at radius 1 is 1.17 bits per heavy atom. The van der Waals surface area contributed by atoms with Gasteiger partial charge >= 0.3 is 0 Å². The predicted molar refractivity (Wildman–Crippen MR) is 83.2 cm³/mol. The molecular formula is C17H14F2N2O3. The number of rotatable bonds is 2. The van der Waals surface area contributed by atoms with Crippen LogP contribution in [0.5, 0.6) is 0 Å². The first-order valence-corrected chi connectivity index (χ1v) is 7.41. The van der Waals surface area contributed by atoms with Gasteiger partial charge in [-0.15, -0.1) is 0 Å². The van der Waals surface area contributed by atoms with Crippen LogP contribution in [-0.4, -0.2) is 16.7 Å². The van der Waals surface area contributed by atoms with E-state index in [1.807, 2.05) is 6.92 Å². The summed E-state index contributed by atoms with van der Waals surface area (Å²) in [5.74, 6) is -2.96. The number of hydrogen-bond donors (Lipinski definition) is 2. The molecule has 1 aromatic carbocycles. The van der Waals surface area contributed by atoms with Crippen LogP contribution in [0.2, 0.25) is 0 Å². The number of amides is 1. The van der Waals surface area contributed by atoms with Crippen LogP contribution in [0, 0.1) is 17.6 Å². The van der Waals surface area contributed by atoms with E-state index in [-0.39, 0.29) is 23.0 Å². The zero-order valence-electron chi connectivity index (χ0n) is 12.8. The summed E-state index contributed by atoms with van der Waals surface area (Å²) >= 11 is 0. The number of hydrogen-bond acceptors (Lipinski definition) is 3. The average Bonchev–Trinajstić information content (AvgIpc) is 2.50. The molecule has 1 heterocycles. The van der Waals surface area contributed by atoms with E-state index in [1.54, 1.807) is 0 Å². The van der Waals surface area contributed by atoms with E-state index in [9.17, 15) is 23.2 Å². The maximum Gasteiger partial charge on any atom is 0.261 e. The lowest BCUT2D eigenvalue weighted by molar-refractivity contribution is 0.0952. The zero-order chi connectivity index (χ0) is 17.4. The van der Waals surface area contributed by atoms with Crippen molar-refractivity contribution in [1.29, 1.82) is 0 Å². The normalized spacial score (nSPS) is 16.6. The fourth-order valence-corrected chi connectivity index (χ4v) is 2.77. The molecule has 0 saturated carbocycles. The Hall–Kier alpha value is -2.83. The number of Topliss-reactive ketones (excluding diaryl/α,β-unsaturated/α-hetero) is 1. The Bertz CT molecular complexity index is 905. The molecule has 3 rings (SSSR count). The topological polar surface area (TPSA) is 79.0 Å². The molecule has 0 aliphatic heterocycles. The molecule has 1 aliphatic rings. The third-order valence-corrected chi connectivity index (χ3v) is 3.93. The van der Waals surface area contributed by atoms with Gasteiger partial charge in [-0.25, -0.2) is 8.78 Å². The maximum atomic E-state index is 13.2. The standard InChI is InChI=1S/C17H14F2N2O3/c1-8-4-14-10(15(22)5-8)7-11(17(24)21-14)16(23)20-9-2-3-12(18)13(19)6-9/h2-3,6-8H,4-5H2,1H3,(H,20,23)(H,21,24). The van der Waals surface area contributed by atoms with Crippen LogP contribution in [0.1, 0.15) is 39.8 Å². The molecule has 1 unspecified atom stereocenters. The molecular weight excluding hydrogens is 318 g/mol. The van der Waals surface area contributed by atoms with Crippen molar-refractivity contribution in [2.45, 2.75) is 19.8 Å². The van der Waals surface area contributed by atoms with Crippen LogP contribution in [0.15, 0.2) is 29.1 Å². The Morgan fingerprint density at radius 3 is 2.62 bits per heavy atom. The van der Waals surface area contributed by atoms with Gasteiger partial charge in [0.05, 0.1) is 0 Å². The minimum absolute atomic E-state index is 0.0102. The highest BCUT2D eigenvalue weighted by Gasteiger charge is 2.25. The van der Waals surface area contributed by atoms with Crippen LogP contribution < -0.4 is 10.9 Å². The molecule has 1 amide bonds. The Balaban J connectivity index is 1.93. The number of ketones is 1. The SMILES string of the molecule is CC1CC(=O)c2cc(C(=O)Nc3ccc(F)c(F)c3)c(=O)[nH]c2C1. The van der Waals surface area contributed by atoms with E-state index in [0.29, 0.717) is 24.1 Å². The molecule has 24 heavy (non-hydrogen) atoms. The summed E-state index contributed by atoms with van der Waals surface area (Å²) in [5.41, 5.74) is -0.0237. The third kappa shape index (κ3) is 2.97. The van der Waals surface area contributed by atoms with Gasteiger partial charge in [0, 0.05) is 29.4 Å². The average molecular weight is 332 g/mol. The number of carbonyl (C=O) groups excluding carboxylic acids is 2. The summed E-state index contributed by atoms with van der Waals surface area (Å²) in [4.78, 5) is 39.0. The predicted octanol–water partition coefficient (Wildman–Crippen LogP) is 2.67. The Kier molecular flexibility index (Phi) is 4.01.